The van der Waals surface area contributed by atoms with Crippen LogP contribution < -0.4 is 4.72 Å². The van der Waals surface area contributed by atoms with Crippen LogP contribution >= 0.6 is 0 Å². The van der Waals surface area contributed by atoms with E-state index >= 15 is 0 Å². The number of aromatic nitrogens is 2. The first-order valence-electron chi connectivity index (χ1n) is 6.85. The Kier molecular flexibility index (Phi) is 4.62. The Bertz CT molecular complexity index is 575. The molecule has 1 fully saturated rings. The van der Waals surface area contributed by atoms with Crippen molar-refractivity contribution in [3.63, 3.8) is 0 Å². The van der Waals surface area contributed by atoms with Crippen molar-refractivity contribution in [2.24, 2.45) is 5.92 Å². The van der Waals surface area contributed by atoms with Crippen LogP contribution in [0.2, 0.25) is 0 Å². The summed E-state index contributed by atoms with van der Waals surface area (Å²) in [5.74, 6) is -0.770. The number of sulfonamides is 1. The third kappa shape index (κ3) is 3.97. The van der Waals surface area contributed by atoms with Gasteiger partial charge in [0.1, 0.15) is 5.82 Å². The summed E-state index contributed by atoms with van der Waals surface area (Å²) in [6.07, 6.45) is -2.09. The molecule has 9 heteroatoms. The predicted molar refractivity (Wildman–Crippen MR) is 70.1 cm³/mol. The number of hydrogen-bond acceptors (Lipinski definition) is 3. The van der Waals surface area contributed by atoms with Crippen LogP contribution in [0.15, 0.2) is 11.2 Å². The van der Waals surface area contributed by atoms with Crippen molar-refractivity contribution in [3.8, 4) is 0 Å². The first-order valence-corrected chi connectivity index (χ1v) is 8.33. The second-order valence-electron chi connectivity index (χ2n) is 5.26. The molecule has 0 aliphatic heterocycles. The number of aryl methyl sites for hydroxylation is 1. The summed E-state index contributed by atoms with van der Waals surface area (Å²) in [6.45, 7) is 1.83. The Balaban J connectivity index is 1.96. The molecule has 1 saturated carbocycles. The Hall–Kier alpha value is -1.09. The zero-order valence-corrected chi connectivity index (χ0v) is 12.4. The first kappa shape index (κ1) is 16.3. The summed E-state index contributed by atoms with van der Waals surface area (Å²) >= 11 is 0. The molecule has 1 aromatic heterocycles. The van der Waals surface area contributed by atoms with Crippen molar-refractivity contribution in [1.29, 1.82) is 0 Å². The third-order valence-electron chi connectivity index (χ3n) is 3.74. The molecule has 0 saturated heterocycles. The van der Waals surface area contributed by atoms with Gasteiger partial charge in [-0.3, -0.25) is 0 Å². The van der Waals surface area contributed by atoms with Gasteiger partial charge in [-0.15, -0.1) is 0 Å². The number of H-pyrrole nitrogens is 1. The van der Waals surface area contributed by atoms with Crippen molar-refractivity contribution in [3.05, 3.63) is 12.0 Å². The maximum Gasteiger partial charge on any atom is 0.391 e. The van der Waals surface area contributed by atoms with Crippen molar-refractivity contribution >= 4 is 10.0 Å². The minimum Gasteiger partial charge on any atom is -0.332 e. The van der Waals surface area contributed by atoms with Crippen molar-refractivity contribution in [1.82, 2.24) is 14.7 Å². The minimum absolute atomic E-state index is 0.0418. The van der Waals surface area contributed by atoms with Gasteiger partial charge in [-0.1, -0.05) is 6.92 Å². The molecular weight excluding hydrogens is 307 g/mol. The lowest BCUT2D eigenvalue weighted by atomic mass is 9.86. The molecule has 0 unspecified atom stereocenters. The minimum atomic E-state index is -4.19. The van der Waals surface area contributed by atoms with Gasteiger partial charge in [0.2, 0.25) is 0 Å². The number of imidazole rings is 1. The second-order valence-corrected chi connectivity index (χ2v) is 6.94. The van der Waals surface area contributed by atoms with Crippen LogP contribution in [0, 0.1) is 5.92 Å². The fourth-order valence-corrected chi connectivity index (χ4v) is 3.73. The number of halogens is 3. The van der Waals surface area contributed by atoms with Crippen LogP contribution in [0.1, 0.15) is 38.4 Å². The molecule has 0 radical (unpaired) electrons. The zero-order chi connectivity index (χ0) is 15.7. The van der Waals surface area contributed by atoms with E-state index in [4.69, 9.17) is 0 Å². The molecule has 120 valence electrons. The van der Waals surface area contributed by atoms with Crippen LogP contribution in [-0.2, 0) is 16.4 Å². The van der Waals surface area contributed by atoms with Gasteiger partial charge in [0, 0.05) is 12.5 Å². The molecule has 5 nitrogen and oxygen atoms in total. The molecule has 0 spiro atoms. The average Bonchev–Trinajstić information content (AvgIpc) is 2.87. The van der Waals surface area contributed by atoms with E-state index in [0.29, 0.717) is 12.2 Å². The summed E-state index contributed by atoms with van der Waals surface area (Å²) < 4.78 is 64.3. The smallest absolute Gasteiger partial charge is 0.332 e. The van der Waals surface area contributed by atoms with E-state index < -0.39 is 28.2 Å². The molecule has 2 rings (SSSR count). The highest BCUT2D eigenvalue weighted by molar-refractivity contribution is 7.89. The van der Waals surface area contributed by atoms with Crippen LogP contribution in [0.5, 0.6) is 0 Å². The van der Waals surface area contributed by atoms with Crippen molar-refractivity contribution in [2.45, 2.75) is 56.3 Å². The largest absolute Gasteiger partial charge is 0.391 e. The molecule has 0 amide bonds. The molecule has 1 aliphatic rings. The Morgan fingerprint density at radius 3 is 2.43 bits per heavy atom. The SMILES string of the molecule is CCc1ncc(S(=O)(=O)NC2CCC(C(F)(F)F)CC2)[nH]1. The highest BCUT2D eigenvalue weighted by Gasteiger charge is 2.41. The standard InChI is InChI=1S/C12H18F3N3O2S/c1-2-10-16-7-11(17-10)21(19,20)18-9-5-3-8(4-6-9)12(13,14)15/h7-9,18H,2-6H2,1H3,(H,16,17). The summed E-state index contributed by atoms with van der Waals surface area (Å²) in [4.78, 5) is 6.60. The van der Waals surface area contributed by atoms with Crippen molar-refractivity contribution in [2.75, 3.05) is 0 Å². The van der Waals surface area contributed by atoms with Gasteiger partial charge in [0.05, 0.1) is 12.1 Å². The zero-order valence-electron chi connectivity index (χ0n) is 11.6. The maximum absolute atomic E-state index is 12.6. The molecule has 0 bridgehead atoms. The fourth-order valence-electron chi connectivity index (χ4n) is 2.48. The summed E-state index contributed by atoms with van der Waals surface area (Å²) in [7, 11) is -3.75. The maximum atomic E-state index is 12.6. The average molecular weight is 325 g/mol. The van der Waals surface area contributed by atoms with Crippen LogP contribution in [-0.4, -0.2) is 30.6 Å². The number of hydrogen-bond donors (Lipinski definition) is 2. The Morgan fingerprint density at radius 1 is 1.33 bits per heavy atom. The molecule has 1 aromatic rings. The van der Waals surface area contributed by atoms with Gasteiger partial charge in [-0.2, -0.15) is 13.2 Å². The highest BCUT2D eigenvalue weighted by Crippen LogP contribution is 2.37. The van der Waals surface area contributed by atoms with Crippen LogP contribution in [0.3, 0.4) is 0 Å². The van der Waals surface area contributed by atoms with E-state index in [9.17, 15) is 21.6 Å². The van der Waals surface area contributed by atoms with E-state index in [0.717, 1.165) is 0 Å². The molecule has 1 aliphatic carbocycles. The number of alkyl halides is 3. The topological polar surface area (TPSA) is 74.8 Å². The lowest BCUT2D eigenvalue weighted by Crippen LogP contribution is -2.40. The Labute approximate surface area is 121 Å². The molecule has 1 heterocycles. The quantitative estimate of drug-likeness (QED) is 0.892. The molecule has 2 N–H and O–H groups in total. The van der Waals surface area contributed by atoms with E-state index in [1.807, 2.05) is 6.92 Å². The van der Waals surface area contributed by atoms with Gasteiger partial charge in [0.15, 0.2) is 5.03 Å². The van der Waals surface area contributed by atoms with Crippen LogP contribution in [0.4, 0.5) is 13.2 Å². The normalized spacial score (nSPS) is 24.2. The van der Waals surface area contributed by atoms with E-state index in [-0.39, 0.29) is 30.7 Å². The third-order valence-corrected chi connectivity index (χ3v) is 5.17. The fraction of sp³-hybridized carbons (Fsp3) is 0.750. The molecule has 21 heavy (non-hydrogen) atoms. The van der Waals surface area contributed by atoms with E-state index in [1.165, 1.54) is 6.20 Å². The highest BCUT2D eigenvalue weighted by atomic mass is 32.2. The lowest BCUT2D eigenvalue weighted by molar-refractivity contribution is -0.182. The summed E-state index contributed by atoms with van der Waals surface area (Å²) in [5.41, 5.74) is 0. The summed E-state index contributed by atoms with van der Waals surface area (Å²) in [6, 6.07) is -0.457. The van der Waals surface area contributed by atoms with Gasteiger partial charge < -0.3 is 4.98 Å². The summed E-state index contributed by atoms with van der Waals surface area (Å²) in [5, 5.41) is -0.0442. The monoisotopic (exact) mass is 325 g/mol. The van der Waals surface area contributed by atoms with Crippen molar-refractivity contribution < 1.29 is 21.6 Å². The van der Waals surface area contributed by atoms with E-state index in [2.05, 4.69) is 14.7 Å². The number of aromatic amines is 1. The first-order chi connectivity index (χ1) is 9.72. The number of nitrogens with one attached hydrogen (secondary N) is 2. The van der Waals surface area contributed by atoms with Gasteiger partial charge in [0.25, 0.3) is 10.0 Å². The van der Waals surface area contributed by atoms with Gasteiger partial charge >= 0.3 is 6.18 Å². The van der Waals surface area contributed by atoms with Crippen LogP contribution in [0.25, 0.3) is 0 Å². The lowest BCUT2D eigenvalue weighted by Gasteiger charge is -2.29. The number of rotatable bonds is 4. The second kappa shape index (κ2) is 5.96. The predicted octanol–water partition coefficient (Wildman–Crippen LogP) is 2.37. The van der Waals surface area contributed by atoms with Gasteiger partial charge in [-0.05, 0) is 25.7 Å². The molecular formula is C12H18F3N3O2S. The number of nitrogens with zero attached hydrogens (tertiary/aromatic N) is 1. The van der Waals surface area contributed by atoms with Gasteiger partial charge in [-0.25, -0.2) is 18.1 Å². The molecule has 0 atom stereocenters. The molecule has 0 aromatic carbocycles. The Morgan fingerprint density at radius 2 is 1.95 bits per heavy atom. The van der Waals surface area contributed by atoms with E-state index in [1.54, 1.807) is 0 Å².